The number of aromatic nitrogens is 2. The Hall–Kier alpha value is -1.99. The van der Waals surface area contributed by atoms with Crippen molar-refractivity contribution in [3.05, 3.63) is 40.3 Å². The van der Waals surface area contributed by atoms with Crippen LogP contribution in [0.25, 0.3) is 0 Å². The fourth-order valence-corrected chi connectivity index (χ4v) is 2.31. The van der Waals surface area contributed by atoms with Crippen LogP contribution < -0.4 is 5.32 Å². The summed E-state index contributed by atoms with van der Waals surface area (Å²) in [7, 11) is 0. The monoisotopic (exact) mass is 311 g/mol. The number of thiophene rings is 1. The van der Waals surface area contributed by atoms with Crippen LogP contribution in [0.5, 0.6) is 0 Å². The largest absolute Gasteiger partial charge is 0.462 e. The first-order chi connectivity index (χ1) is 9.61. The van der Waals surface area contributed by atoms with Gasteiger partial charge < -0.3 is 10.1 Å². The molecule has 1 amide bonds. The first-order valence-corrected chi connectivity index (χ1v) is 6.91. The number of nitrogens with zero attached hydrogens (tertiary/aromatic N) is 2. The van der Waals surface area contributed by atoms with Gasteiger partial charge in [-0.1, -0.05) is 11.6 Å². The molecule has 0 unspecified atom stereocenters. The first-order valence-electron chi connectivity index (χ1n) is 5.65. The standard InChI is InChI=1S/C12H10ClN3O3S/c1-2-19-12(18)7-3-4-20-11(7)16-10(17)8-5-14-6-9(13)15-8/h3-6H,2H2,1H3,(H,16,17). The third-order valence-electron chi connectivity index (χ3n) is 2.23. The van der Waals surface area contributed by atoms with Crippen molar-refractivity contribution < 1.29 is 14.3 Å². The van der Waals surface area contributed by atoms with E-state index in [9.17, 15) is 9.59 Å². The highest BCUT2D eigenvalue weighted by Crippen LogP contribution is 2.24. The Balaban J connectivity index is 2.16. The molecule has 6 nitrogen and oxygen atoms in total. The molecule has 8 heteroatoms. The molecule has 2 aromatic heterocycles. The number of hydrogen-bond acceptors (Lipinski definition) is 6. The van der Waals surface area contributed by atoms with Crippen LogP contribution in [-0.4, -0.2) is 28.5 Å². The highest BCUT2D eigenvalue weighted by atomic mass is 35.5. The van der Waals surface area contributed by atoms with Crippen LogP contribution in [0.2, 0.25) is 5.15 Å². The minimum atomic E-state index is -0.493. The molecule has 2 aromatic rings. The van der Waals surface area contributed by atoms with Crippen molar-refractivity contribution in [1.29, 1.82) is 0 Å². The number of hydrogen-bond donors (Lipinski definition) is 1. The quantitative estimate of drug-likeness (QED) is 0.878. The van der Waals surface area contributed by atoms with Crippen molar-refractivity contribution in [3.8, 4) is 0 Å². The number of nitrogens with one attached hydrogen (secondary N) is 1. The highest BCUT2D eigenvalue weighted by Gasteiger charge is 2.17. The van der Waals surface area contributed by atoms with Crippen LogP contribution in [0.3, 0.4) is 0 Å². The summed E-state index contributed by atoms with van der Waals surface area (Å²) in [5.41, 5.74) is 0.376. The number of amides is 1. The van der Waals surface area contributed by atoms with Gasteiger partial charge in [-0.05, 0) is 18.4 Å². The molecular weight excluding hydrogens is 302 g/mol. The molecule has 0 saturated heterocycles. The Morgan fingerprint density at radius 1 is 1.45 bits per heavy atom. The molecule has 2 rings (SSSR count). The topological polar surface area (TPSA) is 81.2 Å². The van der Waals surface area contributed by atoms with Crippen molar-refractivity contribution in [1.82, 2.24) is 9.97 Å². The molecule has 0 bridgehead atoms. The predicted molar refractivity (Wildman–Crippen MR) is 75.3 cm³/mol. The zero-order chi connectivity index (χ0) is 14.5. The Morgan fingerprint density at radius 2 is 2.25 bits per heavy atom. The summed E-state index contributed by atoms with van der Waals surface area (Å²) in [4.78, 5) is 31.3. The highest BCUT2D eigenvalue weighted by molar-refractivity contribution is 7.14. The van der Waals surface area contributed by atoms with E-state index in [4.69, 9.17) is 16.3 Å². The lowest BCUT2D eigenvalue weighted by Gasteiger charge is -2.05. The van der Waals surface area contributed by atoms with Crippen molar-refractivity contribution in [3.63, 3.8) is 0 Å². The van der Waals surface area contributed by atoms with Crippen molar-refractivity contribution in [2.45, 2.75) is 6.92 Å². The zero-order valence-electron chi connectivity index (χ0n) is 10.4. The molecular formula is C12H10ClN3O3S. The maximum absolute atomic E-state index is 12.0. The lowest BCUT2D eigenvalue weighted by atomic mass is 10.3. The van der Waals surface area contributed by atoms with Gasteiger partial charge in [-0.25, -0.2) is 9.78 Å². The van der Waals surface area contributed by atoms with E-state index in [1.54, 1.807) is 18.4 Å². The Bertz CT molecular complexity index is 644. The molecule has 0 aliphatic heterocycles. The van der Waals surface area contributed by atoms with Crippen molar-refractivity contribution in [2.75, 3.05) is 11.9 Å². The van der Waals surface area contributed by atoms with Crippen molar-refractivity contribution >= 4 is 39.8 Å². The summed E-state index contributed by atoms with van der Waals surface area (Å²) in [6.45, 7) is 1.98. The van der Waals surface area contributed by atoms with Crippen LogP contribution in [-0.2, 0) is 4.74 Å². The van der Waals surface area contributed by atoms with E-state index in [1.807, 2.05) is 0 Å². The molecule has 0 aliphatic rings. The summed E-state index contributed by atoms with van der Waals surface area (Å²) < 4.78 is 4.90. The van der Waals surface area contributed by atoms with Gasteiger partial charge in [0.1, 0.15) is 15.8 Å². The molecule has 104 valence electrons. The summed E-state index contributed by atoms with van der Waals surface area (Å²) in [6.07, 6.45) is 2.62. The number of carbonyl (C=O) groups excluding carboxylic acids is 2. The smallest absolute Gasteiger partial charge is 0.341 e. The first kappa shape index (κ1) is 14.4. The SMILES string of the molecule is CCOC(=O)c1ccsc1NC(=O)c1cncc(Cl)n1. The predicted octanol–water partition coefficient (Wildman–Crippen LogP) is 2.62. The summed E-state index contributed by atoms with van der Waals surface area (Å²) in [6, 6.07) is 1.59. The molecule has 0 saturated carbocycles. The van der Waals surface area contributed by atoms with Gasteiger partial charge in [0.05, 0.1) is 24.6 Å². The van der Waals surface area contributed by atoms with Crippen molar-refractivity contribution in [2.24, 2.45) is 0 Å². The average Bonchev–Trinajstić information content (AvgIpc) is 2.87. The van der Waals surface area contributed by atoms with Crippen LogP contribution in [0.15, 0.2) is 23.8 Å². The lowest BCUT2D eigenvalue weighted by Crippen LogP contribution is -2.15. The normalized spacial score (nSPS) is 10.1. The number of halogens is 1. The van der Waals surface area contributed by atoms with Gasteiger partial charge in [-0.15, -0.1) is 11.3 Å². The van der Waals surface area contributed by atoms with E-state index < -0.39 is 11.9 Å². The van der Waals surface area contributed by atoms with E-state index >= 15 is 0 Å². The fraction of sp³-hybridized carbons (Fsp3) is 0.167. The maximum Gasteiger partial charge on any atom is 0.341 e. The molecule has 0 radical (unpaired) electrons. The molecule has 0 aromatic carbocycles. The number of anilines is 1. The second-order valence-corrected chi connectivity index (χ2v) is 4.87. The fourth-order valence-electron chi connectivity index (χ4n) is 1.39. The summed E-state index contributed by atoms with van der Waals surface area (Å²) in [5, 5.41) is 4.80. The van der Waals surface area contributed by atoms with E-state index in [-0.39, 0.29) is 17.5 Å². The molecule has 1 N–H and O–H groups in total. The van der Waals surface area contributed by atoms with Gasteiger partial charge in [0.25, 0.3) is 5.91 Å². The number of ether oxygens (including phenoxy) is 1. The maximum atomic E-state index is 12.0. The average molecular weight is 312 g/mol. The molecule has 0 fully saturated rings. The second-order valence-electron chi connectivity index (χ2n) is 3.57. The van der Waals surface area contributed by atoms with Gasteiger partial charge >= 0.3 is 5.97 Å². The number of esters is 1. The van der Waals surface area contributed by atoms with Gasteiger partial charge in [-0.2, -0.15) is 0 Å². The third kappa shape index (κ3) is 3.31. The Kier molecular flexibility index (Phi) is 4.65. The van der Waals surface area contributed by atoms with Gasteiger partial charge in [-0.3, -0.25) is 9.78 Å². The summed E-state index contributed by atoms with van der Waals surface area (Å²) in [5.74, 6) is -0.978. The van der Waals surface area contributed by atoms with E-state index in [1.165, 1.54) is 23.7 Å². The van der Waals surface area contributed by atoms with E-state index in [0.717, 1.165) is 0 Å². The van der Waals surface area contributed by atoms with Crippen LogP contribution in [0.4, 0.5) is 5.00 Å². The minimum absolute atomic E-state index is 0.0701. The second kappa shape index (κ2) is 6.44. The van der Waals surface area contributed by atoms with E-state index in [2.05, 4.69) is 15.3 Å². The molecule has 0 atom stereocenters. The van der Waals surface area contributed by atoms with E-state index in [0.29, 0.717) is 10.6 Å². The van der Waals surface area contributed by atoms with Gasteiger partial charge in [0, 0.05) is 0 Å². The van der Waals surface area contributed by atoms with Gasteiger partial charge in [0.15, 0.2) is 0 Å². The molecule has 20 heavy (non-hydrogen) atoms. The number of rotatable bonds is 4. The molecule has 0 aliphatic carbocycles. The molecule has 2 heterocycles. The Morgan fingerprint density at radius 3 is 2.95 bits per heavy atom. The molecule has 0 spiro atoms. The van der Waals surface area contributed by atoms with Crippen LogP contribution in [0, 0.1) is 0 Å². The third-order valence-corrected chi connectivity index (χ3v) is 3.24. The zero-order valence-corrected chi connectivity index (χ0v) is 12.0. The lowest BCUT2D eigenvalue weighted by molar-refractivity contribution is 0.0528. The van der Waals surface area contributed by atoms with Crippen LogP contribution in [0.1, 0.15) is 27.8 Å². The van der Waals surface area contributed by atoms with Crippen LogP contribution >= 0.6 is 22.9 Å². The number of carbonyl (C=O) groups is 2. The summed E-state index contributed by atoms with van der Waals surface area (Å²) >= 11 is 6.89. The Labute approximate surface area is 123 Å². The minimum Gasteiger partial charge on any atom is -0.462 e. The van der Waals surface area contributed by atoms with Gasteiger partial charge in [0.2, 0.25) is 0 Å².